The van der Waals surface area contributed by atoms with Gasteiger partial charge >= 0.3 is 0 Å². The van der Waals surface area contributed by atoms with Crippen LogP contribution in [-0.2, 0) is 53.4 Å². The molecule has 0 atom stereocenters. The van der Waals surface area contributed by atoms with Crippen LogP contribution in [-0.4, -0.2) is 8.42 Å². The van der Waals surface area contributed by atoms with Crippen molar-refractivity contribution >= 4 is 76.6 Å². The SMILES string of the molecule is Fc1ccc([S+](c2ccccc2)c2ccccc2)cc1.O=S1(=O)c2ccccc2[S+](c2ccccc2)c2ccccc21.c1ccc([S+]2c3ccccc3Nc3ccccc32)cc1.c1ccc([S+]2c3ccccc3Sc3ccccc32)cc1. The molecule has 1 N–H and O–H groups in total. The summed E-state index contributed by atoms with van der Waals surface area (Å²) < 4.78 is 38.9. The maximum atomic E-state index is 13.2. The molecule has 3 heterocycles. The fraction of sp³-hybridized carbons (Fsp3) is 0. The molecule has 82 heavy (non-hydrogen) atoms. The molecule has 0 saturated carbocycles. The monoisotopic (exact) mass is 1180 g/mol. The van der Waals surface area contributed by atoms with Gasteiger partial charge in [0.05, 0.1) is 32.1 Å². The van der Waals surface area contributed by atoms with Gasteiger partial charge in [-0.15, -0.1) is 0 Å². The summed E-state index contributed by atoms with van der Waals surface area (Å²) in [7, 11) is -4.01. The van der Waals surface area contributed by atoms with E-state index in [-0.39, 0.29) is 49.4 Å². The second-order valence-electron chi connectivity index (χ2n) is 18.8. The van der Waals surface area contributed by atoms with Gasteiger partial charge in [-0.25, -0.2) is 12.8 Å². The van der Waals surface area contributed by atoms with Gasteiger partial charge in [-0.05, 0) is 158 Å². The molecule has 10 heteroatoms. The fourth-order valence-corrected chi connectivity index (χ4v) is 22.7. The molecule has 0 aromatic heterocycles. The second-order valence-corrected chi connectivity index (χ2v) is 29.6. The zero-order valence-corrected chi connectivity index (χ0v) is 49.1. The summed E-state index contributed by atoms with van der Waals surface area (Å²) in [4.78, 5) is 18.6. The largest absolute Gasteiger partial charge is 0.347 e. The molecule has 3 nitrogen and oxygen atoms in total. The third-order valence-electron chi connectivity index (χ3n) is 13.5. The van der Waals surface area contributed by atoms with Crippen LogP contribution in [0.1, 0.15) is 0 Å². The molecule has 0 saturated heterocycles. The number of halogens is 1. The van der Waals surface area contributed by atoms with Crippen LogP contribution in [0.4, 0.5) is 15.8 Å². The summed E-state index contributed by atoms with van der Waals surface area (Å²) in [5.41, 5.74) is 2.44. The first kappa shape index (κ1) is 54.6. The summed E-state index contributed by atoms with van der Waals surface area (Å²) in [5, 5.41) is 3.55. The lowest BCUT2D eigenvalue weighted by molar-refractivity contribution is 0.590. The van der Waals surface area contributed by atoms with E-state index in [4.69, 9.17) is 0 Å². The topological polar surface area (TPSA) is 46.2 Å². The molecular weight excluding hydrogens is 1120 g/mol. The third-order valence-corrected chi connectivity index (χ3v) is 26.3. The van der Waals surface area contributed by atoms with E-state index in [1.807, 2.05) is 103 Å². The van der Waals surface area contributed by atoms with E-state index in [2.05, 4.69) is 199 Å². The molecule has 12 aromatic carbocycles. The molecule has 15 rings (SSSR count). The quantitative estimate of drug-likeness (QED) is 0.169. The van der Waals surface area contributed by atoms with Crippen LogP contribution in [0.2, 0.25) is 0 Å². The van der Waals surface area contributed by atoms with Crippen LogP contribution in [0, 0.1) is 5.82 Å². The molecular formula is C72H54FNO2S6+4. The van der Waals surface area contributed by atoms with Gasteiger partial charge in [-0.3, -0.25) is 0 Å². The molecule has 3 aliphatic heterocycles. The van der Waals surface area contributed by atoms with E-state index < -0.39 is 9.84 Å². The summed E-state index contributed by atoms with van der Waals surface area (Å²) in [6.45, 7) is 0. The van der Waals surface area contributed by atoms with E-state index in [9.17, 15) is 12.8 Å². The van der Waals surface area contributed by atoms with Crippen LogP contribution in [0.15, 0.2) is 400 Å². The summed E-state index contributed by atoms with van der Waals surface area (Å²) in [6, 6.07) is 109. The van der Waals surface area contributed by atoms with Crippen molar-refractivity contribution < 1.29 is 12.8 Å². The Balaban J connectivity index is 0.000000108. The zero-order valence-electron chi connectivity index (χ0n) is 44.2. The fourth-order valence-electron chi connectivity index (χ4n) is 9.84. The highest BCUT2D eigenvalue weighted by Gasteiger charge is 2.45. The van der Waals surface area contributed by atoms with Crippen molar-refractivity contribution in [3.05, 3.63) is 327 Å². The minimum Gasteiger partial charge on any atom is -0.347 e. The number of hydrogen-bond donors (Lipinski definition) is 1. The Hall–Kier alpha value is -7.93. The predicted molar refractivity (Wildman–Crippen MR) is 339 cm³/mol. The number of hydrogen-bond acceptors (Lipinski definition) is 4. The van der Waals surface area contributed by atoms with Crippen molar-refractivity contribution in [2.45, 2.75) is 78.3 Å². The number of rotatable bonds is 6. The van der Waals surface area contributed by atoms with Crippen molar-refractivity contribution in [1.82, 2.24) is 0 Å². The Bertz CT molecular complexity index is 3900. The van der Waals surface area contributed by atoms with E-state index >= 15 is 0 Å². The van der Waals surface area contributed by atoms with Gasteiger partial charge in [0, 0.05) is 0 Å². The average Bonchev–Trinajstić information content (AvgIpc) is 3.49. The summed E-state index contributed by atoms with van der Waals surface area (Å²) >= 11 is 1.89. The Labute approximate surface area is 496 Å². The smallest absolute Gasteiger partial charge is 0.216 e. The highest BCUT2D eigenvalue weighted by molar-refractivity contribution is 8.04. The van der Waals surface area contributed by atoms with E-state index in [0.717, 1.165) is 19.6 Å². The lowest BCUT2D eigenvalue weighted by atomic mass is 10.2. The Kier molecular flexibility index (Phi) is 17.0. The number of benzene rings is 12. The van der Waals surface area contributed by atoms with Crippen LogP contribution in [0.3, 0.4) is 0 Å². The van der Waals surface area contributed by atoms with E-state index in [0.29, 0.717) is 9.79 Å². The molecule has 0 amide bonds. The van der Waals surface area contributed by atoms with Gasteiger partial charge in [-0.2, -0.15) is 0 Å². The minimum atomic E-state index is -3.44. The number of fused-ring (bicyclic) bond motifs is 6. The number of para-hydroxylation sites is 2. The van der Waals surface area contributed by atoms with Crippen LogP contribution in [0.25, 0.3) is 0 Å². The molecule has 0 bridgehead atoms. The van der Waals surface area contributed by atoms with Gasteiger partial charge in [0.25, 0.3) is 0 Å². The first-order valence-electron chi connectivity index (χ1n) is 26.6. The third kappa shape index (κ3) is 11.7. The molecule has 12 aromatic rings. The van der Waals surface area contributed by atoms with Crippen molar-refractivity contribution in [2.24, 2.45) is 0 Å². The Morgan fingerprint density at radius 2 is 0.598 bits per heavy atom. The van der Waals surface area contributed by atoms with E-state index in [1.165, 1.54) is 72.5 Å². The number of sulfone groups is 1. The zero-order chi connectivity index (χ0) is 55.7. The number of anilines is 2. The molecule has 398 valence electrons. The van der Waals surface area contributed by atoms with Gasteiger partial charge in [0.2, 0.25) is 9.84 Å². The maximum absolute atomic E-state index is 13.2. The van der Waals surface area contributed by atoms with Crippen molar-refractivity contribution in [3.63, 3.8) is 0 Å². The number of nitrogens with one attached hydrogen (secondary N) is 1. The van der Waals surface area contributed by atoms with Gasteiger partial charge in [0.1, 0.15) is 48.3 Å². The first-order chi connectivity index (χ1) is 40.4. The lowest BCUT2D eigenvalue weighted by Gasteiger charge is -2.20. The van der Waals surface area contributed by atoms with Crippen LogP contribution in [0.5, 0.6) is 0 Å². The van der Waals surface area contributed by atoms with Crippen molar-refractivity contribution in [1.29, 1.82) is 0 Å². The lowest BCUT2D eigenvalue weighted by Crippen LogP contribution is -2.20. The van der Waals surface area contributed by atoms with E-state index in [1.54, 1.807) is 24.3 Å². The van der Waals surface area contributed by atoms with Gasteiger partial charge in [0.15, 0.2) is 58.7 Å². The molecule has 0 radical (unpaired) electrons. The predicted octanol–water partition coefficient (Wildman–Crippen LogP) is 18.9. The standard InChI is InChI=1S/C18H14FS.C18H14NS.C18H13O2S2.C18H13S2/c19-15-11-13-18(14-12-15)20(16-7-3-1-4-8-16)17-9-5-2-6-10-17;1-2-8-14(9-3-1)20-17-12-6-4-10-15(17)19-16-11-5-7-13-18(16)20;19-22(20)17-12-6-4-10-15(17)21(14-8-2-1-3-9-14)16-11-5-7-13-18(16)22;1-2-8-14(9-3-1)20-17-12-6-4-10-15(17)19-16-11-5-7-13-18(16)20/h1-14H;1-13,19H;1-13H;1-13H/q4*+1. The van der Waals surface area contributed by atoms with Crippen molar-refractivity contribution in [3.8, 4) is 0 Å². The normalized spacial score (nSPS) is 13.4. The average molecular weight is 1180 g/mol. The van der Waals surface area contributed by atoms with Gasteiger partial charge in [-0.1, -0.05) is 176 Å². The molecule has 0 spiro atoms. The molecule has 0 unspecified atom stereocenters. The summed E-state index contributed by atoms with van der Waals surface area (Å²) in [6.07, 6.45) is 0. The summed E-state index contributed by atoms with van der Waals surface area (Å²) in [5.74, 6) is -0.196. The van der Waals surface area contributed by atoms with Crippen LogP contribution < -0.4 is 5.32 Å². The molecule has 3 aliphatic rings. The van der Waals surface area contributed by atoms with Crippen molar-refractivity contribution in [2.75, 3.05) is 5.32 Å². The highest BCUT2D eigenvalue weighted by atomic mass is 32.2. The van der Waals surface area contributed by atoms with Crippen LogP contribution >= 0.6 is 11.8 Å². The molecule has 0 aliphatic carbocycles. The Morgan fingerprint density at radius 1 is 0.305 bits per heavy atom. The van der Waals surface area contributed by atoms with Gasteiger partial charge < -0.3 is 5.32 Å². The second kappa shape index (κ2) is 25.5. The maximum Gasteiger partial charge on any atom is 0.216 e. The highest BCUT2D eigenvalue weighted by Crippen LogP contribution is 2.49. The Morgan fingerprint density at radius 3 is 1.01 bits per heavy atom. The molecule has 0 fully saturated rings. The first-order valence-corrected chi connectivity index (χ1v) is 33.8. The minimum absolute atomic E-state index is 0.0204.